The van der Waals surface area contributed by atoms with E-state index in [2.05, 4.69) is 47.6 Å². The largest absolute Gasteiger partial charge is 0.386 e. The molecule has 3 atom stereocenters. The van der Waals surface area contributed by atoms with Crippen LogP contribution in [0.5, 0.6) is 0 Å². The van der Waals surface area contributed by atoms with Gasteiger partial charge < -0.3 is 9.84 Å². The zero-order valence-corrected chi connectivity index (χ0v) is 18.0. The zero-order valence-electron chi connectivity index (χ0n) is 16.4. The summed E-state index contributed by atoms with van der Waals surface area (Å²) in [6.45, 7) is 12.7. The van der Waals surface area contributed by atoms with Crippen molar-refractivity contribution in [2.75, 3.05) is 0 Å². The van der Waals surface area contributed by atoms with Gasteiger partial charge in [-0.15, -0.1) is 0 Å². The van der Waals surface area contributed by atoms with Crippen molar-refractivity contribution in [2.24, 2.45) is 5.41 Å². The Morgan fingerprint density at radius 2 is 1.92 bits per heavy atom. The highest BCUT2D eigenvalue weighted by Gasteiger charge is 2.44. The number of hydrogen-bond acceptors (Lipinski definition) is 2. The van der Waals surface area contributed by atoms with Crippen LogP contribution in [-0.2, 0) is 11.3 Å². The lowest BCUT2D eigenvalue weighted by Crippen LogP contribution is -2.45. The highest BCUT2D eigenvalue weighted by Crippen LogP contribution is 2.47. The van der Waals surface area contributed by atoms with E-state index < -0.39 is 6.10 Å². The van der Waals surface area contributed by atoms with Gasteiger partial charge in [-0.3, -0.25) is 0 Å². The molecule has 1 N–H and O–H groups in total. The maximum atomic E-state index is 11.3. The van der Waals surface area contributed by atoms with E-state index in [1.165, 1.54) is 0 Å². The monoisotopic (exact) mass is 418 g/mol. The molecule has 142 valence electrons. The third-order valence-corrected chi connectivity index (χ3v) is 6.48. The number of aliphatic hydroxyl groups excluding tert-OH is 1. The van der Waals surface area contributed by atoms with Crippen molar-refractivity contribution < 1.29 is 9.84 Å². The second kappa shape index (κ2) is 9.16. The first-order valence-corrected chi connectivity index (χ1v) is 10.1. The van der Waals surface area contributed by atoms with Crippen LogP contribution >= 0.6 is 15.9 Å². The third kappa shape index (κ3) is 4.76. The minimum absolute atomic E-state index is 0.261. The van der Waals surface area contributed by atoms with Crippen molar-refractivity contribution in [2.45, 2.75) is 65.8 Å². The van der Waals surface area contributed by atoms with Gasteiger partial charge in [-0.2, -0.15) is 0 Å². The van der Waals surface area contributed by atoms with Gasteiger partial charge in [-0.05, 0) is 55.7 Å². The molecule has 0 saturated carbocycles. The molecule has 0 fully saturated rings. The number of aliphatic hydroxyl groups is 1. The Kier molecular flexibility index (Phi) is 7.45. The number of ether oxygens (including phenoxy) is 1. The van der Waals surface area contributed by atoms with Crippen LogP contribution in [0.4, 0.5) is 0 Å². The van der Waals surface area contributed by atoms with Gasteiger partial charge in [0.1, 0.15) is 6.10 Å². The Morgan fingerprint density at radius 1 is 1.27 bits per heavy atom. The second-order valence-electron chi connectivity index (χ2n) is 7.72. The van der Waals surface area contributed by atoms with E-state index in [4.69, 9.17) is 4.74 Å². The molecule has 0 heterocycles. The summed E-state index contributed by atoms with van der Waals surface area (Å²) in [6, 6.07) is 10.1. The number of halogens is 1. The van der Waals surface area contributed by atoms with E-state index in [0.717, 1.165) is 46.0 Å². The molecule has 0 saturated heterocycles. The summed E-state index contributed by atoms with van der Waals surface area (Å²) in [5.41, 5.74) is 3.72. The molecule has 0 bridgehead atoms. The van der Waals surface area contributed by atoms with Gasteiger partial charge in [-0.1, -0.05) is 77.0 Å². The molecule has 0 aliphatic heterocycles. The Labute approximate surface area is 166 Å². The minimum atomic E-state index is -0.717. The first-order chi connectivity index (χ1) is 12.3. The van der Waals surface area contributed by atoms with Crippen LogP contribution in [0.2, 0.25) is 0 Å². The van der Waals surface area contributed by atoms with E-state index >= 15 is 0 Å². The van der Waals surface area contributed by atoms with Crippen LogP contribution in [0.25, 0.3) is 0 Å². The van der Waals surface area contributed by atoms with Crippen LogP contribution in [0, 0.1) is 5.41 Å². The SMILES string of the molecule is C=C(C)C(=C(C)C)[C@@H](O)[C@H](OCc1ccccc1)[C@]1(C)CCCC=C1Br. The molecular formula is C23H31BrO2. The molecule has 0 amide bonds. The lowest BCUT2D eigenvalue weighted by molar-refractivity contribution is -0.0875. The number of rotatable bonds is 7. The minimum Gasteiger partial charge on any atom is -0.386 e. The highest BCUT2D eigenvalue weighted by atomic mass is 79.9. The van der Waals surface area contributed by atoms with Gasteiger partial charge in [0.2, 0.25) is 0 Å². The first kappa shape index (κ1) is 21.1. The summed E-state index contributed by atoms with van der Waals surface area (Å²) >= 11 is 3.76. The second-order valence-corrected chi connectivity index (χ2v) is 8.57. The lowest BCUT2D eigenvalue weighted by atomic mass is 9.72. The number of hydrogen-bond donors (Lipinski definition) is 1. The fraction of sp³-hybridized carbons (Fsp3) is 0.478. The molecule has 2 nitrogen and oxygen atoms in total. The fourth-order valence-electron chi connectivity index (χ4n) is 3.84. The summed E-state index contributed by atoms with van der Waals surface area (Å²) in [5, 5.41) is 11.3. The molecule has 2 rings (SSSR count). The molecule has 0 aromatic heterocycles. The third-order valence-electron chi connectivity index (χ3n) is 5.25. The Hall–Kier alpha value is -1.16. The predicted octanol–water partition coefficient (Wildman–Crippen LogP) is 6.31. The van der Waals surface area contributed by atoms with Crippen molar-refractivity contribution >= 4 is 15.9 Å². The van der Waals surface area contributed by atoms with Gasteiger partial charge in [0, 0.05) is 5.41 Å². The van der Waals surface area contributed by atoms with Gasteiger partial charge in [0.25, 0.3) is 0 Å². The topological polar surface area (TPSA) is 29.5 Å². The molecule has 1 aromatic rings. The molecular weight excluding hydrogens is 388 g/mol. The number of allylic oxidation sites excluding steroid dienone is 2. The normalized spacial score (nSPS) is 22.3. The van der Waals surface area contributed by atoms with Gasteiger partial charge in [0.05, 0.1) is 12.7 Å². The maximum absolute atomic E-state index is 11.3. The highest BCUT2D eigenvalue weighted by molar-refractivity contribution is 9.11. The summed E-state index contributed by atoms with van der Waals surface area (Å²) < 4.78 is 7.52. The van der Waals surface area contributed by atoms with E-state index in [1.54, 1.807) is 0 Å². The molecule has 3 heteroatoms. The van der Waals surface area contributed by atoms with E-state index in [-0.39, 0.29) is 11.5 Å². The average molecular weight is 419 g/mol. The van der Waals surface area contributed by atoms with Gasteiger partial charge in [0.15, 0.2) is 0 Å². The molecule has 1 aromatic carbocycles. The molecule has 0 radical (unpaired) electrons. The van der Waals surface area contributed by atoms with Crippen LogP contribution in [0.15, 0.2) is 64.2 Å². The van der Waals surface area contributed by atoms with Crippen molar-refractivity contribution in [1.29, 1.82) is 0 Å². The summed E-state index contributed by atoms with van der Waals surface area (Å²) in [6.07, 6.45) is 4.29. The van der Waals surface area contributed by atoms with Crippen LogP contribution < -0.4 is 0 Å². The Morgan fingerprint density at radius 3 is 2.46 bits per heavy atom. The summed E-state index contributed by atoms with van der Waals surface area (Å²) in [4.78, 5) is 0. The Bertz CT molecular complexity index is 685. The van der Waals surface area contributed by atoms with E-state index in [1.807, 2.05) is 39.0 Å². The predicted molar refractivity (Wildman–Crippen MR) is 113 cm³/mol. The molecule has 1 aliphatic carbocycles. The van der Waals surface area contributed by atoms with Crippen molar-refractivity contribution in [3.63, 3.8) is 0 Å². The van der Waals surface area contributed by atoms with Crippen LogP contribution in [-0.4, -0.2) is 17.3 Å². The zero-order chi connectivity index (χ0) is 19.3. The van der Waals surface area contributed by atoms with Crippen molar-refractivity contribution in [1.82, 2.24) is 0 Å². The lowest BCUT2D eigenvalue weighted by Gasteiger charge is -2.43. The van der Waals surface area contributed by atoms with Crippen molar-refractivity contribution in [3.8, 4) is 0 Å². The molecule has 0 unspecified atom stereocenters. The molecule has 0 spiro atoms. The first-order valence-electron chi connectivity index (χ1n) is 9.30. The quantitative estimate of drug-likeness (QED) is 0.525. The van der Waals surface area contributed by atoms with Gasteiger partial charge >= 0.3 is 0 Å². The standard InChI is InChI=1S/C23H31BrO2/c1-16(2)20(17(3)4)21(25)22(23(5)14-10-9-13-19(23)24)26-15-18-11-7-6-8-12-18/h6-8,11-13,21-22,25H,1,9-10,14-15H2,2-5H3/t21-,22+,23-/m1/s1. The maximum Gasteiger partial charge on any atom is 0.106 e. The fourth-order valence-corrected chi connectivity index (χ4v) is 4.49. The van der Waals surface area contributed by atoms with E-state index in [0.29, 0.717) is 6.61 Å². The summed E-state index contributed by atoms with van der Waals surface area (Å²) in [5.74, 6) is 0. The smallest absolute Gasteiger partial charge is 0.106 e. The summed E-state index contributed by atoms with van der Waals surface area (Å²) in [7, 11) is 0. The van der Waals surface area contributed by atoms with E-state index in [9.17, 15) is 5.11 Å². The van der Waals surface area contributed by atoms with Gasteiger partial charge in [-0.25, -0.2) is 0 Å². The molecule has 26 heavy (non-hydrogen) atoms. The number of benzene rings is 1. The van der Waals surface area contributed by atoms with Crippen LogP contribution in [0.1, 0.15) is 52.5 Å². The molecule has 1 aliphatic rings. The average Bonchev–Trinajstić information content (AvgIpc) is 2.58. The van der Waals surface area contributed by atoms with Crippen LogP contribution in [0.3, 0.4) is 0 Å². The van der Waals surface area contributed by atoms with Crippen molar-refractivity contribution in [3.05, 3.63) is 69.8 Å². The Balaban J connectivity index is 2.38.